The zero-order valence-corrected chi connectivity index (χ0v) is 30.9. The van der Waals surface area contributed by atoms with Crippen molar-refractivity contribution in [2.75, 3.05) is 0 Å². The molecule has 7 aromatic rings. The molecule has 1 radical (unpaired) electrons. The molecule has 3 aromatic heterocycles. The smallest absolute Gasteiger partial charge is 0.269 e. The molecule has 0 N–H and O–H groups in total. The van der Waals surface area contributed by atoms with E-state index in [1.807, 2.05) is 24.5 Å². The summed E-state index contributed by atoms with van der Waals surface area (Å²) in [4.78, 5) is 9.03. The molecule has 47 heavy (non-hydrogen) atoms. The van der Waals surface area contributed by atoms with Gasteiger partial charge >= 0.3 is 0 Å². The van der Waals surface area contributed by atoms with Crippen LogP contribution in [0.15, 0.2) is 103 Å². The topological polar surface area (TPSA) is 35.8 Å². The Balaban J connectivity index is 0.000000256. The molecule has 245 valence electrons. The molecule has 0 spiro atoms. The summed E-state index contributed by atoms with van der Waals surface area (Å²) in [6.07, 6.45) is 7.67. The van der Waals surface area contributed by atoms with Gasteiger partial charge in [-0.2, -0.15) is 0 Å². The number of fused-ring (bicyclic) bond motifs is 4. The summed E-state index contributed by atoms with van der Waals surface area (Å²) in [6.45, 7) is 18.2. The van der Waals surface area contributed by atoms with Crippen molar-refractivity contribution in [1.82, 2.24) is 14.5 Å². The molecule has 0 unspecified atom stereocenters. The van der Waals surface area contributed by atoms with Gasteiger partial charge in [-0.15, -0.1) is 11.0 Å². The van der Waals surface area contributed by atoms with Crippen molar-refractivity contribution in [1.29, 1.82) is 0 Å². The van der Waals surface area contributed by atoms with Gasteiger partial charge in [-0.1, -0.05) is 140 Å². The second kappa shape index (κ2) is 14.4. The Morgan fingerprint density at radius 2 is 1.06 bits per heavy atom. The quantitative estimate of drug-likeness (QED) is 0.0954. The van der Waals surface area contributed by atoms with E-state index in [1.165, 1.54) is 44.4 Å². The van der Waals surface area contributed by atoms with Gasteiger partial charge in [0.1, 0.15) is 0 Å². The van der Waals surface area contributed by atoms with Crippen molar-refractivity contribution in [2.45, 2.75) is 79.1 Å². The minimum Gasteiger partial charge on any atom is -0.657 e. The van der Waals surface area contributed by atoms with Crippen LogP contribution >= 0.6 is 0 Å². The van der Waals surface area contributed by atoms with Crippen LogP contribution in [-0.2, 0) is 22.4 Å². The van der Waals surface area contributed by atoms with Crippen LogP contribution in [0.5, 0.6) is 0 Å². The van der Waals surface area contributed by atoms with Crippen LogP contribution in [0.3, 0.4) is 0 Å². The molecule has 0 aliphatic carbocycles. The van der Waals surface area contributed by atoms with Gasteiger partial charge in [-0.05, 0) is 62.8 Å². The van der Waals surface area contributed by atoms with E-state index in [2.05, 4.69) is 160 Å². The van der Waals surface area contributed by atoms with Crippen LogP contribution < -0.4 is 9.55 Å². The van der Waals surface area contributed by atoms with Gasteiger partial charge in [0.2, 0.25) is 0 Å². The SMILES string of the molecule is CC(C)c1cccc(C(C)C)c1-n1[c-][n+](-c2c(C(C)C)cccc2C(C)C)c2cnccc21.[Au].c1ccc2c(c1)[n-]c1ccccc12. The second-order valence-corrected chi connectivity index (χ2v) is 13.5. The molecule has 4 aromatic carbocycles. The number of benzene rings is 4. The van der Waals surface area contributed by atoms with Crippen molar-refractivity contribution in [2.24, 2.45) is 0 Å². The zero-order valence-electron chi connectivity index (χ0n) is 28.7. The normalized spacial score (nSPS) is 11.6. The van der Waals surface area contributed by atoms with Crippen molar-refractivity contribution < 1.29 is 26.9 Å². The zero-order chi connectivity index (χ0) is 32.5. The summed E-state index contributed by atoms with van der Waals surface area (Å²) in [7, 11) is 0. The molecular weight excluding hydrogens is 757 g/mol. The van der Waals surface area contributed by atoms with E-state index in [-0.39, 0.29) is 22.4 Å². The van der Waals surface area contributed by atoms with E-state index < -0.39 is 0 Å². The number of pyridine rings is 1. The van der Waals surface area contributed by atoms with Crippen LogP contribution in [0, 0.1) is 6.33 Å². The third-order valence-electron chi connectivity index (χ3n) is 8.93. The van der Waals surface area contributed by atoms with E-state index in [1.54, 1.807) is 0 Å². The Morgan fingerprint density at radius 1 is 0.596 bits per heavy atom. The summed E-state index contributed by atoms with van der Waals surface area (Å²) in [5, 5.41) is 2.50. The predicted octanol–water partition coefficient (Wildman–Crippen LogP) is 10.5. The van der Waals surface area contributed by atoms with Crippen LogP contribution in [0.4, 0.5) is 0 Å². The molecule has 0 aliphatic heterocycles. The third kappa shape index (κ3) is 6.60. The molecule has 0 fully saturated rings. The number of imidazole rings is 1. The Hall–Kier alpha value is -3.96. The van der Waals surface area contributed by atoms with E-state index >= 15 is 0 Å². The molecule has 0 bridgehead atoms. The second-order valence-electron chi connectivity index (χ2n) is 13.5. The average Bonchev–Trinajstić information content (AvgIpc) is 3.63. The molecule has 0 amide bonds. The molecule has 4 nitrogen and oxygen atoms in total. The van der Waals surface area contributed by atoms with Crippen molar-refractivity contribution >= 4 is 32.8 Å². The van der Waals surface area contributed by atoms with Gasteiger partial charge in [-0.3, -0.25) is 14.1 Å². The number of nitrogens with zero attached hydrogens (tertiary/aromatic N) is 4. The van der Waals surface area contributed by atoms with E-state index in [9.17, 15) is 0 Å². The number of aromatic nitrogens is 4. The Morgan fingerprint density at radius 3 is 1.55 bits per heavy atom. The Labute approximate surface area is 295 Å². The van der Waals surface area contributed by atoms with E-state index in [0.717, 1.165) is 22.1 Å². The summed E-state index contributed by atoms with van der Waals surface area (Å²) < 4.78 is 4.54. The monoisotopic (exact) mass is 802 g/mol. The third-order valence-corrected chi connectivity index (χ3v) is 8.93. The minimum absolute atomic E-state index is 0. The van der Waals surface area contributed by atoms with Crippen LogP contribution in [0.25, 0.3) is 44.2 Å². The first kappa shape index (κ1) is 34.4. The maximum Gasteiger partial charge on any atom is 0.269 e. The Bertz CT molecular complexity index is 1930. The molecule has 0 atom stereocenters. The first-order valence-electron chi connectivity index (χ1n) is 16.6. The van der Waals surface area contributed by atoms with Gasteiger partial charge in [0.05, 0.1) is 22.4 Å². The largest absolute Gasteiger partial charge is 0.657 e. The average molecular weight is 803 g/mol. The number of hydrogen-bond donors (Lipinski definition) is 0. The molecular formula is C42H45AuN4-. The molecule has 0 saturated heterocycles. The minimum atomic E-state index is 0. The van der Waals surface area contributed by atoms with Gasteiger partial charge < -0.3 is 4.98 Å². The Kier molecular flexibility index (Phi) is 10.6. The van der Waals surface area contributed by atoms with E-state index in [4.69, 9.17) is 0 Å². The fourth-order valence-corrected chi connectivity index (χ4v) is 6.56. The van der Waals surface area contributed by atoms with Gasteiger partial charge in [-0.25, -0.2) is 0 Å². The van der Waals surface area contributed by atoms with Crippen LogP contribution in [-0.4, -0.2) is 9.55 Å². The summed E-state index contributed by atoms with van der Waals surface area (Å²) in [5.74, 6) is 1.63. The molecule has 5 heteroatoms. The van der Waals surface area contributed by atoms with Crippen molar-refractivity contribution in [3.8, 4) is 11.4 Å². The maximum absolute atomic E-state index is 4.52. The first-order valence-corrected chi connectivity index (χ1v) is 16.6. The fourth-order valence-electron chi connectivity index (χ4n) is 6.56. The molecule has 3 heterocycles. The number of hydrogen-bond acceptors (Lipinski definition) is 1. The summed E-state index contributed by atoms with van der Waals surface area (Å²) in [5.41, 5.74) is 12.3. The summed E-state index contributed by atoms with van der Waals surface area (Å²) >= 11 is 0. The molecule has 7 rings (SSSR count). The van der Waals surface area contributed by atoms with Crippen molar-refractivity contribution in [3.05, 3.63) is 132 Å². The number of rotatable bonds is 6. The van der Waals surface area contributed by atoms with Crippen molar-refractivity contribution in [3.63, 3.8) is 0 Å². The maximum atomic E-state index is 4.52. The molecule has 0 saturated carbocycles. The predicted molar refractivity (Wildman–Crippen MR) is 193 cm³/mol. The van der Waals surface area contributed by atoms with Crippen LogP contribution in [0.1, 0.15) is 101 Å². The van der Waals surface area contributed by atoms with Gasteiger partial charge in [0.25, 0.3) is 6.33 Å². The standard InChI is InChI=1S/C30H37N3.C12H8N.Au/c1-19(2)23-11-9-12-24(20(3)4)29(23)32-18-33(28-17-31-16-15-27(28)32)30-25(21(5)6)13-10-14-26(30)22(7)8;1-3-7-11-9(5-1)10-6-2-4-8-12(10)13-11;/h9-17,19-22H,1-8H3;1-8H;/q;-1;. The molecule has 0 aliphatic rings. The fraction of sp³-hybridized carbons (Fsp3) is 0.286. The van der Waals surface area contributed by atoms with E-state index in [0.29, 0.717) is 23.7 Å². The van der Waals surface area contributed by atoms with Gasteiger partial charge in [0.15, 0.2) is 0 Å². The number of para-hydroxylation sites is 4. The first-order chi connectivity index (χ1) is 22.2. The van der Waals surface area contributed by atoms with Crippen LogP contribution in [0.2, 0.25) is 0 Å². The summed E-state index contributed by atoms with van der Waals surface area (Å²) in [6, 6.07) is 32.0. The van der Waals surface area contributed by atoms with Gasteiger partial charge in [0, 0.05) is 34.8 Å².